The second-order valence-electron chi connectivity index (χ2n) is 6.79. The fraction of sp³-hybridized carbons (Fsp3) is 0.579. The highest BCUT2D eigenvalue weighted by Gasteiger charge is 2.20. The van der Waals surface area contributed by atoms with Crippen LogP contribution in [0.5, 0.6) is 0 Å². The summed E-state index contributed by atoms with van der Waals surface area (Å²) in [6, 6.07) is 6.17. The third-order valence-electron chi connectivity index (χ3n) is 4.68. The number of guanidine groups is 1. The van der Waals surface area contributed by atoms with Crippen molar-refractivity contribution in [2.24, 2.45) is 22.6 Å². The lowest BCUT2D eigenvalue weighted by Gasteiger charge is -2.33. The van der Waals surface area contributed by atoms with Gasteiger partial charge in [-0.05, 0) is 49.8 Å². The highest BCUT2D eigenvalue weighted by atomic mass is 127. The van der Waals surface area contributed by atoms with Crippen molar-refractivity contribution < 1.29 is 9.18 Å². The summed E-state index contributed by atoms with van der Waals surface area (Å²) in [5.74, 6) is 0.529. The average Bonchev–Trinajstić information content (AvgIpc) is 2.59. The van der Waals surface area contributed by atoms with Crippen molar-refractivity contribution in [1.82, 2.24) is 10.2 Å². The van der Waals surface area contributed by atoms with Crippen LogP contribution in [-0.4, -0.2) is 42.9 Å². The molecule has 0 radical (unpaired) electrons. The van der Waals surface area contributed by atoms with Gasteiger partial charge in [0.25, 0.3) is 0 Å². The molecule has 2 rings (SSSR count). The molecule has 0 spiro atoms. The quantitative estimate of drug-likeness (QED) is 0.377. The summed E-state index contributed by atoms with van der Waals surface area (Å²) < 4.78 is 13.0. The van der Waals surface area contributed by atoms with Crippen molar-refractivity contribution >= 4 is 35.8 Å². The molecule has 1 aromatic rings. The molecule has 3 N–H and O–H groups in total. The number of hydrogen-bond donors (Lipinski definition) is 2. The molecule has 1 unspecified atom stereocenters. The summed E-state index contributed by atoms with van der Waals surface area (Å²) in [6.45, 7) is 7.38. The number of halogens is 2. The number of hydrogen-bond acceptors (Lipinski definition) is 2. The van der Waals surface area contributed by atoms with Gasteiger partial charge in [0.1, 0.15) is 5.82 Å². The molecular weight excluding hydrogens is 446 g/mol. The van der Waals surface area contributed by atoms with Crippen molar-refractivity contribution in [3.8, 4) is 0 Å². The summed E-state index contributed by atoms with van der Waals surface area (Å²) in [5.41, 5.74) is 6.44. The van der Waals surface area contributed by atoms with Gasteiger partial charge in [-0.25, -0.2) is 4.39 Å². The Morgan fingerprint density at radius 3 is 2.50 bits per heavy atom. The molecule has 1 aliphatic rings. The Bertz CT molecular complexity index is 586. The van der Waals surface area contributed by atoms with E-state index in [0.29, 0.717) is 13.0 Å². The minimum absolute atomic E-state index is 0. The van der Waals surface area contributed by atoms with Crippen molar-refractivity contribution in [3.05, 3.63) is 35.6 Å². The van der Waals surface area contributed by atoms with E-state index in [2.05, 4.69) is 22.1 Å². The van der Waals surface area contributed by atoms with Crippen LogP contribution in [0.1, 0.15) is 32.3 Å². The largest absolute Gasteiger partial charge is 0.369 e. The number of piperidine rings is 1. The van der Waals surface area contributed by atoms with E-state index in [-0.39, 0.29) is 35.7 Å². The predicted octanol–water partition coefficient (Wildman–Crippen LogP) is 2.79. The minimum Gasteiger partial charge on any atom is -0.369 e. The van der Waals surface area contributed by atoms with E-state index in [1.165, 1.54) is 12.1 Å². The molecule has 0 aliphatic carbocycles. The van der Waals surface area contributed by atoms with Crippen LogP contribution in [0, 0.1) is 17.7 Å². The maximum Gasteiger partial charge on any atom is 0.222 e. The molecule has 146 valence electrons. The SMILES string of the molecule is CCNC(=NCC(Cc1ccc(F)cc1)C(N)=O)N1CCC(C)CC1.I. The Labute approximate surface area is 172 Å². The summed E-state index contributed by atoms with van der Waals surface area (Å²) in [7, 11) is 0. The standard InChI is InChI=1S/C19H29FN4O.HI/c1-3-22-19(24-10-8-14(2)9-11-24)23-13-16(18(21)25)12-15-4-6-17(20)7-5-15;/h4-7,14,16H,3,8-13H2,1-2H3,(H2,21,25)(H,22,23);1H. The summed E-state index contributed by atoms with van der Waals surface area (Å²) in [6.07, 6.45) is 2.77. The number of carbonyl (C=O) groups is 1. The van der Waals surface area contributed by atoms with Gasteiger partial charge >= 0.3 is 0 Å². The first-order valence-electron chi connectivity index (χ1n) is 9.06. The zero-order valence-corrected chi connectivity index (χ0v) is 17.9. The molecule has 1 aromatic carbocycles. The zero-order valence-electron chi connectivity index (χ0n) is 15.6. The lowest BCUT2D eigenvalue weighted by Crippen LogP contribution is -2.45. The molecule has 1 saturated heterocycles. The molecule has 1 heterocycles. The van der Waals surface area contributed by atoms with E-state index in [1.807, 2.05) is 6.92 Å². The smallest absolute Gasteiger partial charge is 0.222 e. The third kappa shape index (κ3) is 7.09. The van der Waals surface area contributed by atoms with Gasteiger partial charge in [0.05, 0.1) is 12.5 Å². The van der Waals surface area contributed by atoms with Crippen LogP contribution >= 0.6 is 24.0 Å². The zero-order chi connectivity index (χ0) is 18.2. The Morgan fingerprint density at radius 1 is 1.35 bits per heavy atom. The molecular formula is C19H30FIN4O. The second-order valence-corrected chi connectivity index (χ2v) is 6.79. The van der Waals surface area contributed by atoms with Crippen molar-refractivity contribution in [1.29, 1.82) is 0 Å². The lowest BCUT2D eigenvalue weighted by atomic mass is 9.98. The first-order valence-corrected chi connectivity index (χ1v) is 9.06. The molecule has 1 amide bonds. The number of nitrogens with two attached hydrogens (primary N) is 1. The van der Waals surface area contributed by atoms with Gasteiger partial charge in [-0.15, -0.1) is 24.0 Å². The van der Waals surface area contributed by atoms with Crippen molar-refractivity contribution in [2.45, 2.75) is 33.1 Å². The van der Waals surface area contributed by atoms with Crippen LogP contribution in [0.2, 0.25) is 0 Å². The monoisotopic (exact) mass is 476 g/mol. The normalized spacial score (nSPS) is 16.7. The maximum atomic E-state index is 13.0. The Kier molecular flexibility index (Phi) is 9.90. The first kappa shape index (κ1) is 22.7. The van der Waals surface area contributed by atoms with E-state index < -0.39 is 5.92 Å². The average molecular weight is 476 g/mol. The van der Waals surface area contributed by atoms with Gasteiger partial charge in [0.2, 0.25) is 5.91 Å². The van der Waals surface area contributed by atoms with Crippen LogP contribution < -0.4 is 11.1 Å². The summed E-state index contributed by atoms with van der Waals surface area (Å²) in [4.78, 5) is 18.7. The number of nitrogens with one attached hydrogen (secondary N) is 1. The van der Waals surface area contributed by atoms with E-state index >= 15 is 0 Å². The number of benzene rings is 1. The Morgan fingerprint density at radius 2 is 1.96 bits per heavy atom. The van der Waals surface area contributed by atoms with E-state index in [1.54, 1.807) is 12.1 Å². The highest BCUT2D eigenvalue weighted by Crippen LogP contribution is 2.16. The highest BCUT2D eigenvalue weighted by molar-refractivity contribution is 14.0. The Balaban J connectivity index is 0.00000338. The van der Waals surface area contributed by atoms with Crippen molar-refractivity contribution in [2.75, 3.05) is 26.2 Å². The topological polar surface area (TPSA) is 70.7 Å². The van der Waals surface area contributed by atoms with Gasteiger partial charge in [0, 0.05) is 19.6 Å². The molecule has 0 saturated carbocycles. The molecule has 1 aliphatic heterocycles. The van der Waals surface area contributed by atoms with E-state index in [0.717, 1.165) is 49.9 Å². The second kappa shape index (κ2) is 11.4. The number of rotatable bonds is 6. The minimum atomic E-state index is -0.400. The van der Waals surface area contributed by atoms with Crippen molar-refractivity contribution in [3.63, 3.8) is 0 Å². The molecule has 1 fully saturated rings. The maximum absolute atomic E-state index is 13.0. The molecule has 5 nitrogen and oxygen atoms in total. The van der Waals surface area contributed by atoms with Crippen LogP contribution in [-0.2, 0) is 11.2 Å². The molecule has 7 heteroatoms. The van der Waals surface area contributed by atoms with Gasteiger partial charge in [0.15, 0.2) is 5.96 Å². The van der Waals surface area contributed by atoms with Gasteiger partial charge in [-0.1, -0.05) is 19.1 Å². The third-order valence-corrected chi connectivity index (χ3v) is 4.68. The molecule has 26 heavy (non-hydrogen) atoms. The number of likely N-dealkylation sites (tertiary alicyclic amines) is 1. The van der Waals surface area contributed by atoms with Crippen LogP contribution in [0.3, 0.4) is 0 Å². The first-order chi connectivity index (χ1) is 12.0. The van der Waals surface area contributed by atoms with Crippen LogP contribution in [0.15, 0.2) is 29.3 Å². The predicted molar refractivity (Wildman–Crippen MR) is 114 cm³/mol. The summed E-state index contributed by atoms with van der Waals surface area (Å²) >= 11 is 0. The van der Waals surface area contributed by atoms with Gasteiger partial charge in [-0.2, -0.15) is 0 Å². The number of nitrogens with zero attached hydrogens (tertiary/aromatic N) is 2. The fourth-order valence-electron chi connectivity index (χ4n) is 3.00. The molecule has 0 aromatic heterocycles. The van der Waals surface area contributed by atoms with Crippen LogP contribution in [0.25, 0.3) is 0 Å². The van der Waals surface area contributed by atoms with E-state index in [9.17, 15) is 9.18 Å². The lowest BCUT2D eigenvalue weighted by molar-refractivity contribution is -0.121. The molecule has 0 bridgehead atoms. The Hall–Kier alpha value is -1.38. The van der Waals surface area contributed by atoms with Gasteiger partial charge < -0.3 is 16.0 Å². The van der Waals surface area contributed by atoms with Gasteiger partial charge in [-0.3, -0.25) is 9.79 Å². The summed E-state index contributed by atoms with van der Waals surface area (Å²) in [5, 5.41) is 3.31. The number of primary amides is 1. The number of amides is 1. The number of carbonyl (C=O) groups excluding carboxylic acids is 1. The fourth-order valence-corrected chi connectivity index (χ4v) is 3.00. The molecule has 1 atom stereocenters. The van der Waals surface area contributed by atoms with E-state index in [4.69, 9.17) is 5.73 Å². The van der Waals surface area contributed by atoms with Crippen LogP contribution in [0.4, 0.5) is 4.39 Å². The number of aliphatic imine (C=N–C) groups is 1.